The molecule has 2 aromatic carbocycles. The molecule has 1 saturated heterocycles. The van der Waals surface area contributed by atoms with Crippen LogP contribution in [0.2, 0.25) is 0 Å². The van der Waals surface area contributed by atoms with Crippen LogP contribution in [-0.2, 0) is 17.6 Å². The van der Waals surface area contributed by atoms with E-state index >= 15 is 0 Å². The molecule has 0 radical (unpaired) electrons. The van der Waals surface area contributed by atoms with Crippen molar-refractivity contribution in [3.63, 3.8) is 0 Å². The number of hydrogen-bond donors (Lipinski definition) is 1. The molecule has 6 nitrogen and oxygen atoms in total. The maximum Gasteiger partial charge on any atom is 0.254 e. The Kier molecular flexibility index (Phi) is 5.93. The van der Waals surface area contributed by atoms with E-state index in [0.29, 0.717) is 43.0 Å². The minimum absolute atomic E-state index is 0.0445. The highest BCUT2D eigenvalue weighted by molar-refractivity contribution is 5.96. The van der Waals surface area contributed by atoms with Crippen LogP contribution in [0.5, 0.6) is 11.5 Å². The average molecular weight is 408 g/mol. The maximum atomic E-state index is 12.9. The lowest BCUT2D eigenvalue weighted by molar-refractivity contribution is -0.121. The zero-order valence-electron chi connectivity index (χ0n) is 17.6. The Morgan fingerprint density at radius 2 is 1.60 bits per heavy atom. The summed E-state index contributed by atoms with van der Waals surface area (Å²) in [5, 5.41) is 3.07. The number of anilines is 1. The zero-order valence-corrected chi connectivity index (χ0v) is 17.6. The van der Waals surface area contributed by atoms with Gasteiger partial charge in [-0.25, -0.2) is 0 Å². The second-order valence-electron chi connectivity index (χ2n) is 7.99. The number of aryl methyl sites for hydroxylation is 2. The molecule has 2 aromatic rings. The number of hydrogen-bond acceptors (Lipinski definition) is 4. The van der Waals surface area contributed by atoms with Crippen molar-refractivity contribution in [2.45, 2.75) is 32.1 Å². The Labute approximate surface area is 177 Å². The predicted octanol–water partition coefficient (Wildman–Crippen LogP) is 3.68. The molecule has 2 amide bonds. The van der Waals surface area contributed by atoms with E-state index in [9.17, 15) is 9.59 Å². The van der Waals surface area contributed by atoms with Crippen molar-refractivity contribution >= 4 is 17.5 Å². The van der Waals surface area contributed by atoms with Gasteiger partial charge in [-0.1, -0.05) is 6.07 Å². The summed E-state index contributed by atoms with van der Waals surface area (Å²) in [6.07, 6.45) is 4.73. The van der Waals surface area contributed by atoms with Crippen molar-refractivity contribution in [1.29, 1.82) is 0 Å². The first-order chi connectivity index (χ1) is 14.6. The van der Waals surface area contributed by atoms with Crippen molar-refractivity contribution in [3.05, 3.63) is 53.1 Å². The van der Waals surface area contributed by atoms with E-state index in [1.165, 1.54) is 17.5 Å². The third-order valence-electron chi connectivity index (χ3n) is 6.12. The molecule has 1 fully saturated rings. The van der Waals surface area contributed by atoms with Gasteiger partial charge in [0.15, 0.2) is 0 Å². The van der Waals surface area contributed by atoms with E-state index in [1.807, 2.05) is 6.07 Å². The molecule has 1 aliphatic heterocycles. The van der Waals surface area contributed by atoms with Crippen LogP contribution in [0.4, 0.5) is 5.69 Å². The van der Waals surface area contributed by atoms with Gasteiger partial charge in [0.25, 0.3) is 5.91 Å². The van der Waals surface area contributed by atoms with Gasteiger partial charge in [-0.2, -0.15) is 0 Å². The quantitative estimate of drug-likeness (QED) is 0.820. The van der Waals surface area contributed by atoms with Crippen molar-refractivity contribution in [2.75, 3.05) is 32.6 Å². The number of ether oxygens (including phenoxy) is 2. The van der Waals surface area contributed by atoms with Gasteiger partial charge in [-0.3, -0.25) is 9.59 Å². The van der Waals surface area contributed by atoms with E-state index < -0.39 is 0 Å². The lowest BCUT2D eigenvalue weighted by Gasteiger charge is -2.31. The highest BCUT2D eigenvalue weighted by atomic mass is 16.5. The largest absolute Gasteiger partial charge is 0.497 e. The molecule has 1 N–H and O–H groups in total. The third kappa shape index (κ3) is 4.27. The van der Waals surface area contributed by atoms with Gasteiger partial charge in [0.1, 0.15) is 11.5 Å². The summed E-state index contributed by atoms with van der Waals surface area (Å²) in [7, 11) is 3.13. The standard InChI is InChI=1S/C24H28N2O4/c1-29-21-13-19(14-22(15-21)30-2)24(28)26-10-8-17(9-11-26)23(27)25-20-7-6-16-4-3-5-18(16)12-20/h6-7,12-15,17H,3-5,8-11H2,1-2H3,(H,25,27). The Hall–Kier alpha value is -3.02. The number of methoxy groups -OCH3 is 2. The van der Waals surface area contributed by atoms with Crippen LogP contribution in [0.15, 0.2) is 36.4 Å². The Balaban J connectivity index is 1.35. The lowest BCUT2D eigenvalue weighted by atomic mass is 9.95. The van der Waals surface area contributed by atoms with Crippen LogP contribution >= 0.6 is 0 Å². The van der Waals surface area contributed by atoms with Gasteiger partial charge in [0, 0.05) is 36.3 Å². The number of carbonyl (C=O) groups is 2. The molecular formula is C24H28N2O4. The number of likely N-dealkylation sites (tertiary alicyclic amines) is 1. The van der Waals surface area contributed by atoms with Crippen molar-refractivity contribution in [3.8, 4) is 11.5 Å². The van der Waals surface area contributed by atoms with Crippen LogP contribution in [-0.4, -0.2) is 44.0 Å². The first-order valence-corrected chi connectivity index (χ1v) is 10.5. The van der Waals surface area contributed by atoms with E-state index in [2.05, 4.69) is 17.4 Å². The third-order valence-corrected chi connectivity index (χ3v) is 6.12. The zero-order chi connectivity index (χ0) is 21.1. The summed E-state index contributed by atoms with van der Waals surface area (Å²) in [6, 6.07) is 11.4. The van der Waals surface area contributed by atoms with E-state index in [1.54, 1.807) is 37.3 Å². The molecule has 0 atom stereocenters. The SMILES string of the molecule is COc1cc(OC)cc(C(=O)N2CCC(C(=O)Nc3ccc4c(c3)CCC4)CC2)c1. The number of rotatable bonds is 5. The Morgan fingerprint density at radius 3 is 2.27 bits per heavy atom. The molecular weight excluding hydrogens is 380 g/mol. The maximum absolute atomic E-state index is 12.9. The van der Waals surface area contributed by atoms with E-state index in [-0.39, 0.29) is 17.7 Å². The van der Waals surface area contributed by atoms with Crippen LogP contribution < -0.4 is 14.8 Å². The summed E-state index contributed by atoms with van der Waals surface area (Å²) >= 11 is 0. The Bertz CT molecular complexity index is 926. The van der Waals surface area contributed by atoms with Crippen molar-refractivity contribution in [2.24, 2.45) is 5.92 Å². The van der Waals surface area contributed by atoms with Gasteiger partial charge in [-0.15, -0.1) is 0 Å². The van der Waals surface area contributed by atoms with Crippen LogP contribution in [0.3, 0.4) is 0 Å². The summed E-state index contributed by atoms with van der Waals surface area (Å²) in [5.74, 6) is 1.07. The first-order valence-electron chi connectivity index (χ1n) is 10.5. The molecule has 6 heteroatoms. The molecule has 0 unspecified atom stereocenters. The predicted molar refractivity (Wildman–Crippen MR) is 115 cm³/mol. The summed E-state index contributed by atoms with van der Waals surface area (Å²) in [5.41, 5.74) is 4.16. The van der Waals surface area contributed by atoms with E-state index in [4.69, 9.17) is 9.47 Å². The molecule has 30 heavy (non-hydrogen) atoms. The van der Waals surface area contributed by atoms with E-state index in [0.717, 1.165) is 18.5 Å². The van der Waals surface area contributed by atoms with Crippen LogP contribution in [0.1, 0.15) is 40.7 Å². The summed E-state index contributed by atoms with van der Waals surface area (Å²) in [4.78, 5) is 27.5. The van der Waals surface area contributed by atoms with Gasteiger partial charge >= 0.3 is 0 Å². The lowest BCUT2D eigenvalue weighted by Crippen LogP contribution is -2.41. The van der Waals surface area contributed by atoms with Crippen molar-refractivity contribution < 1.29 is 19.1 Å². The number of carbonyl (C=O) groups excluding carboxylic acids is 2. The van der Waals surface area contributed by atoms with Gasteiger partial charge < -0.3 is 19.7 Å². The molecule has 1 heterocycles. The van der Waals surface area contributed by atoms with Crippen LogP contribution in [0.25, 0.3) is 0 Å². The molecule has 2 aliphatic rings. The fraction of sp³-hybridized carbons (Fsp3) is 0.417. The number of nitrogens with zero attached hydrogens (tertiary/aromatic N) is 1. The number of nitrogens with one attached hydrogen (secondary N) is 1. The monoisotopic (exact) mass is 408 g/mol. The fourth-order valence-corrected chi connectivity index (χ4v) is 4.35. The van der Waals surface area contributed by atoms with Gasteiger partial charge in [0.05, 0.1) is 14.2 Å². The number of benzene rings is 2. The van der Waals surface area contributed by atoms with Gasteiger partial charge in [0.2, 0.25) is 5.91 Å². The average Bonchev–Trinajstić information content (AvgIpc) is 3.26. The fourth-order valence-electron chi connectivity index (χ4n) is 4.35. The second-order valence-corrected chi connectivity index (χ2v) is 7.99. The second kappa shape index (κ2) is 8.78. The number of fused-ring (bicyclic) bond motifs is 1. The minimum Gasteiger partial charge on any atom is -0.497 e. The van der Waals surface area contributed by atoms with Crippen LogP contribution in [0, 0.1) is 5.92 Å². The topological polar surface area (TPSA) is 67.9 Å². The summed E-state index contributed by atoms with van der Waals surface area (Å²) < 4.78 is 10.5. The molecule has 158 valence electrons. The number of amides is 2. The molecule has 0 bridgehead atoms. The molecule has 0 aromatic heterocycles. The molecule has 0 saturated carbocycles. The highest BCUT2D eigenvalue weighted by Gasteiger charge is 2.28. The summed E-state index contributed by atoms with van der Waals surface area (Å²) in [6.45, 7) is 1.11. The minimum atomic E-state index is -0.0813. The van der Waals surface area contributed by atoms with Crippen molar-refractivity contribution in [1.82, 2.24) is 4.90 Å². The smallest absolute Gasteiger partial charge is 0.254 e. The van der Waals surface area contributed by atoms with Gasteiger partial charge in [-0.05, 0) is 67.5 Å². The molecule has 4 rings (SSSR count). The molecule has 0 spiro atoms. The Morgan fingerprint density at radius 1 is 0.933 bits per heavy atom. The first kappa shape index (κ1) is 20.3. The molecule has 1 aliphatic carbocycles. The normalized spacial score (nSPS) is 16.1. The number of piperidine rings is 1. The highest BCUT2D eigenvalue weighted by Crippen LogP contribution is 2.27.